The van der Waals surface area contributed by atoms with Crippen LogP contribution in [0.3, 0.4) is 0 Å². The van der Waals surface area contributed by atoms with Gasteiger partial charge in [0, 0.05) is 18.3 Å². The zero-order chi connectivity index (χ0) is 18.0. The van der Waals surface area contributed by atoms with Crippen LogP contribution in [-0.4, -0.2) is 27.8 Å². The smallest absolute Gasteiger partial charge is 0.241 e. The summed E-state index contributed by atoms with van der Waals surface area (Å²) in [6, 6.07) is 5.93. The average Bonchev–Trinajstić information content (AvgIpc) is 3.30. The number of halogens is 1. The van der Waals surface area contributed by atoms with Gasteiger partial charge in [-0.25, -0.2) is 4.39 Å². The quantitative estimate of drug-likeness (QED) is 0.812. The fraction of sp³-hybridized carbons (Fsp3) is 0.474. The van der Waals surface area contributed by atoms with Crippen molar-refractivity contribution in [2.45, 2.75) is 57.8 Å². The fourth-order valence-electron chi connectivity index (χ4n) is 2.78. The molecule has 1 saturated carbocycles. The zero-order valence-electron chi connectivity index (χ0n) is 14.9. The van der Waals surface area contributed by atoms with Crippen molar-refractivity contribution in [2.75, 3.05) is 0 Å². The maximum absolute atomic E-state index is 13.3. The van der Waals surface area contributed by atoms with Crippen molar-refractivity contribution >= 4 is 5.91 Å². The largest absolute Gasteiger partial charge is 0.352 e. The number of amides is 1. The minimum absolute atomic E-state index is 0.000642. The van der Waals surface area contributed by atoms with Crippen molar-refractivity contribution in [1.29, 1.82) is 0 Å². The van der Waals surface area contributed by atoms with Crippen molar-refractivity contribution < 1.29 is 9.18 Å². The van der Waals surface area contributed by atoms with Crippen molar-refractivity contribution in [1.82, 2.24) is 20.4 Å². The first kappa shape index (κ1) is 17.6. The van der Waals surface area contributed by atoms with Gasteiger partial charge < -0.3 is 5.32 Å². The van der Waals surface area contributed by atoms with Crippen LogP contribution in [0, 0.1) is 12.7 Å². The van der Waals surface area contributed by atoms with Crippen LogP contribution in [0.1, 0.15) is 49.9 Å². The third-order valence-electron chi connectivity index (χ3n) is 4.69. The molecular weight excluding hydrogens is 319 g/mol. The number of benzene rings is 1. The van der Waals surface area contributed by atoms with E-state index in [4.69, 9.17) is 0 Å². The molecule has 1 fully saturated rings. The Morgan fingerprint density at radius 1 is 1.28 bits per heavy atom. The molecule has 3 rings (SSSR count). The number of carbonyl (C=O) groups excluding carboxylic acids is 1. The lowest BCUT2D eigenvalue weighted by atomic mass is 10.0. The molecule has 134 valence electrons. The molecule has 1 aromatic heterocycles. The van der Waals surface area contributed by atoms with E-state index in [1.54, 1.807) is 12.1 Å². The summed E-state index contributed by atoms with van der Waals surface area (Å²) in [4.78, 5) is 12.7. The van der Waals surface area contributed by atoms with E-state index in [9.17, 15) is 9.18 Å². The molecule has 0 aliphatic heterocycles. The van der Waals surface area contributed by atoms with Gasteiger partial charge in [-0.15, -0.1) is 0 Å². The zero-order valence-corrected chi connectivity index (χ0v) is 14.9. The molecule has 1 heterocycles. The van der Waals surface area contributed by atoms with E-state index in [0.717, 1.165) is 24.0 Å². The molecular formula is C19H25FN4O. The van der Waals surface area contributed by atoms with Gasteiger partial charge in [-0.2, -0.15) is 5.10 Å². The van der Waals surface area contributed by atoms with Crippen LogP contribution >= 0.6 is 0 Å². The van der Waals surface area contributed by atoms with Crippen LogP contribution in [0.2, 0.25) is 0 Å². The molecule has 1 aliphatic rings. The van der Waals surface area contributed by atoms with Gasteiger partial charge >= 0.3 is 0 Å². The first-order valence-electron chi connectivity index (χ1n) is 8.76. The molecule has 3 atom stereocenters. The minimum atomic E-state index is -0.518. The molecule has 0 saturated heterocycles. The van der Waals surface area contributed by atoms with Crippen molar-refractivity contribution in [3.05, 3.63) is 53.6 Å². The van der Waals surface area contributed by atoms with Crippen LogP contribution in [0.15, 0.2) is 36.7 Å². The van der Waals surface area contributed by atoms with Crippen LogP contribution in [-0.2, 0) is 4.79 Å². The van der Waals surface area contributed by atoms with E-state index in [1.807, 2.05) is 30.9 Å². The second-order valence-electron chi connectivity index (χ2n) is 6.96. The second kappa shape index (κ2) is 7.35. The molecule has 1 amide bonds. The Balaban J connectivity index is 1.75. The number of nitrogens with one attached hydrogen (secondary N) is 2. The van der Waals surface area contributed by atoms with Crippen molar-refractivity contribution in [2.24, 2.45) is 0 Å². The summed E-state index contributed by atoms with van der Waals surface area (Å²) in [5.74, 6) is -0.372. The summed E-state index contributed by atoms with van der Waals surface area (Å²) >= 11 is 0. The molecule has 2 aromatic rings. The first-order chi connectivity index (χ1) is 11.9. The van der Waals surface area contributed by atoms with Gasteiger partial charge in [-0.1, -0.05) is 12.1 Å². The number of carbonyl (C=O) groups is 1. The lowest BCUT2D eigenvalue weighted by Crippen LogP contribution is -2.44. The van der Waals surface area contributed by atoms with E-state index in [-0.39, 0.29) is 29.8 Å². The summed E-state index contributed by atoms with van der Waals surface area (Å²) in [5, 5.41) is 10.8. The van der Waals surface area contributed by atoms with Gasteiger partial charge in [0.1, 0.15) is 11.9 Å². The monoisotopic (exact) mass is 344 g/mol. The summed E-state index contributed by atoms with van der Waals surface area (Å²) in [5.41, 5.74) is 1.86. The van der Waals surface area contributed by atoms with Gasteiger partial charge in [0.05, 0.1) is 12.2 Å². The minimum Gasteiger partial charge on any atom is -0.352 e. The molecule has 1 aromatic carbocycles. The van der Waals surface area contributed by atoms with Crippen LogP contribution in [0.25, 0.3) is 0 Å². The predicted molar refractivity (Wildman–Crippen MR) is 94.6 cm³/mol. The Bertz CT molecular complexity index is 723. The Labute approximate surface area is 147 Å². The van der Waals surface area contributed by atoms with Gasteiger partial charge in [0.15, 0.2) is 0 Å². The third-order valence-corrected chi connectivity index (χ3v) is 4.69. The summed E-state index contributed by atoms with van der Waals surface area (Å²) in [6.07, 6.45) is 5.86. The molecule has 0 unspecified atom stereocenters. The Kier molecular flexibility index (Phi) is 5.18. The van der Waals surface area contributed by atoms with Gasteiger partial charge in [0.2, 0.25) is 5.91 Å². The highest BCUT2D eigenvalue weighted by molar-refractivity contribution is 5.83. The lowest BCUT2D eigenvalue weighted by Gasteiger charge is -2.27. The van der Waals surface area contributed by atoms with E-state index in [2.05, 4.69) is 22.7 Å². The highest BCUT2D eigenvalue weighted by atomic mass is 19.1. The topological polar surface area (TPSA) is 59.0 Å². The van der Waals surface area contributed by atoms with Crippen molar-refractivity contribution in [3.8, 4) is 0 Å². The molecule has 1 aliphatic carbocycles. The molecule has 0 bridgehead atoms. The SMILES string of the molecule is Cc1cnn([C@H](C)[C@H](C)N[C@@H](C(=O)NC2CC2)c2ccc(F)cc2)c1. The second-order valence-corrected chi connectivity index (χ2v) is 6.96. The third kappa shape index (κ3) is 4.45. The van der Waals surface area contributed by atoms with E-state index in [1.165, 1.54) is 12.1 Å². The van der Waals surface area contributed by atoms with Crippen LogP contribution in [0.4, 0.5) is 4.39 Å². The predicted octanol–water partition coefficient (Wildman–Crippen LogP) is 2.89. The fourth-order valence-corrected chi connectivity index (χ4v) is 2.78. The van der Waals surface area contributed by atoms with E-state index >= 15 is 0 Å². The van der Waals surface area contributed by atoms with Crippen LogP contribution < -0.4 is 10.6 Å². The van der Waals surface area contributed by atoms with Gasteiger partial charge in [-0.3, -0.25) is 14.8 Å². The average molecular weight is 344 g/mol. The standard InChI is InChI=1S/C19H25FN4O/c1-12-10-21-24(11-12)14(3)13(2)22-18(19(25)23-17-8-9-17)15-4-6-16(20)7-5-15/h4-7,10-11,13-14,17-18,22H,8-9H2,1-3H3,(H,23,25)/t13-,14+,18+/m0/s1. The molecule has 2 N–H and O–H groups in total. The van der Waals surface area contributed by atoms with Gasteiger partial charge in [0.25, 0.3) is 0 Å². The summed E-state index contributed by atoms with van der Waals surface area (Å²) < 4.78 is 15.1. The number of hydrogen-bond donors (Lipinski definition) is 2. The van der Waals surface area contributed by atoms with E-state index < -0.39 is 6.04 Å². The molecule has 5 nitrogen and oxygen atoms in total. The van der Waals surface area contributed by atoms with Gasteiger partial charge in [-0.05, 0) is 56.9 Å². The first-order valence-corrected chi connectivity index (χ1v) is 8.76. The number of rotatable bonds is 7. The lowest BCUT2D eigenvalue weighted by molar-refractivity contribution is -0.123. The summed E-state index contributed by atoms with van der Waals surface area (Å²) in [6.45, 7) is 6.09. The van der Waals surface area contributed by atoms with Crippen LogP contribution in [0.5, 0.6) is 0 Å². The maximum Gasteiger partial charge on any atom is 0.241 e. The number of aryl methyl sites for hydroxylation is 1. The highest BCUT2D eigenvalue weighted by Crippen LogP contribution is 2.23. The molecule has 0 spiro atoms. The highest BCUT2D eigenvalue weighted by Gasteiger charge is 2.30. The van der Waals surface area contributed by atoms with E-state index in [0.29, 0.717) is 0 Å². The molecule has 6 heteroatoms. The molecule has 0 radical (unpaired) electrons. The Morgan fingerprint density at radius 3 is 2.52 bits per heavy atom. The van der Waals surface area contributed by atoms with Crippen molar-refractivity contribution in [3.63, 3.8) is 0 Å². The summed E-state index contributed by atoms with van der Waals surface area (Å²) in [7, 11) is 0. The number of aromatic nitrogens is 2. The Hall–Kier alpha value is -2.21. The maximum atomic E-state index is 13.3. The number of nitrogens with zero attached hydrogens (tertiary/aromatic N) is 2. The number of hydrogen-bond acceptors (Lipinski definition) is 3. The normalized spacial score (nSPS) is 17.8. The Morgan fingerprint density at radius 2 is 1.96 bits per heavy atom. The molecule has 25 heavy (non-hydrogen) atoms.